The van der Waals surface area contributed by atoms with E-state index in [4.69, 9.17) is 9.84 Å². The van der Waals surface area contributed by atoms with Crippen LogP contribution in [0.4, 0.5) is 4.79 Å². The number of amides is 2. The summed E-state index contributed by atoms with van der Waals surface area (Å²) in [5, 5.41) is 14.9. The Kier molecular flexibility index (Phi) is 8.41. The molecule has 3 N–H and O–H groups in total. The van der Waals surface area contributed by atoms with Gasteiger partial charge in [-0.1, -0.05) is 30.3 Å². The normalized spacial score (nSPS) is 17.3. The quantitative estimate of drug-likeness (QED) is 0.630. The highest BCUT2D eigenvalue weighted by Gasteiger charge is 2.19. The van der Waals surface area contributed by atoms with E-state index in [0.717, 1.165) is 38.0 Å². The predicted octanol–water partition coefficient (Wildman–Crippen LogP) is 2.97. The van der Waals surface area contributed by atoms with Crippen molar-refractivity contribution in [2.45, 2.75) is 57.5 Å². The van der Waals surface area contributed by atoms with Crippen LogP contribution in [-0.2, 0) is 16.0 Å². The van der Waals surface area contributed by atoms with Gasteiger partial charge in [0.1, 0.15) is 0 Å². The van der Waals surface area contributed by atoms with Gasteiger partial charge in [-0.2, -0.15) is 0 Å². The molecule has 2 amide bonds. The van der Waals surface area contributed by atoms with Crippen LogP contribution in [0.25, 0.3) is 0 Å². The fourth-order valence-corrected chi connectivity index (χ4v) is 3.41. The molecule has 1 heterocycles. The van der Waals surface area contributed by atoms with E-state index in [1.807, 2.05) is 37.3 Å². The number of ether oxygens (including phenoxy) is 1. The van der Waals surface area contributed by atoms with Crippen molar-refractivity contribution in [1.29, 1.82) is 0 Å². The average molecular weight is 362 g/mol. The zero-order valence-corrected chi connectivity index (χ0v) is 15.4. The van der Waals surface area contributed by atoms with Gasteiger partial charge in [0.15, 0.2) is 0 Å². The van der Waals surface area contributed by atoms with E-state index in [1.165, 1.54) is 0 Å². The number of hydrogen-bond donors (Lipinski definition) is 3. The Bertz CT molecular complexity index is 558. The van der Waals surface area contributed by atoms with Gasteiger partial charge in [0.05, 0.1) is 0 Å². The van der Waals surface area contributed by atoms with Crippen LogP contribution in [0.2, 0.25) is 0 Å². The molecule has 1 fully saturated rings. The van der Waals surface area contributed by atoms with Crippen LogP contribution in [0.3, 0.4) is 0 Å². The molecule has 0 aliphatic carbocycles. The second-order valence-electron chi connectivity index (χ2n) is 7.13. The highest BCUT2D eigenvalue weighted by Crippen LogP contribution is 2.20. The first-order valence-electron chi connectivity index (χ1n) is 9.43. The van der Waals surface area contributed by atoms with Gasteiger partial charge in [0.25, 0.3) is 0 Å². The molecule has 26 heavy (non-hydrogen) atoms. The van der Waals surface area contributed by atoms with E-state index in [2.05, 4.69) is 10.6 Å². The molecule has 0 saturated carbocycles. The zero-order chi connectivity index (χ0) is 18.8. The second kappa shape index (κ2) is 10.8. The number of hydrogen-bond acceptors (Lipinski definition) is 3. The fraction of sp³-hybridized carbons (Fsp3) is 0.600. The van der Waals surface area contributed by atoms with Gasteiger partial charge in [0.2, 0.25) is 0 Å². The molecule has 1 aromatic rings. The summed E-state index contributed by atoms with van der Waals surface area (Å²) in [5.41, 5.74) is 1.08. The number of nitrogens with one attached hydrogen (secondary N) is 2. The molecular formula is C20H30N2O4. The molecule has 144 valence electrons. The van der Waals surface area contributed by atoms with Crippen molar-refractivity contribution in [1.82, 2.24) is 10.6 Å². The summed E-state index contributed by atoms with van der Waals surface area (Å²) in [6.07, 6.45) is 4.10. The number of carboxylic acids is 1. The van der Waals surface area contributed by atoms with Gasteiger partial charge in [-0.3, -0.25) is 4.79 Å². The van der Waals surface area contributed by atoms with E-state index >= 15 is 0 Å². The zero-order valence-electron chi connectivity index (χ0n) is 15.4. The summed E-state index contributed by atoms with van der Waals surface area (Å²) < 4.78 is 5.37. The second-order valence-corrected chi connectivity index (χ2v) is 7.13. The summed E-state index contributed by atoms with van der Waals surface area (Å²) in [7, 11) is 0. The van der Waals surface area contributed by atoms with Crippen LogP contribution in [0.5, 0.6) is 0 Å². The number of urea groups is 1. The van der Waals surface area contributed by atoms with Gasteiger partial charge >= 0.3 is 12.0 Å². The molecule has 1 aliphatic heterocycles. The summed E-state index contributed by atoms with van der Waals surface area (Å²) in [5.74, 6) is -0.260. The molecule has 0 spiro atoms. The minimum Gasteiger partial charge on any atom is -0.481 e. The van der Waals surface area contributed by atoms with Crippen molar-refractivity contribution in [3.05, 3.63) is 35.9 Å². The van der Waals surface area contributed by atoms with Crippen LogP contribution in [0, 0.1) is 5.92 Å². The summed E-state index contributed by atoms with van der Waals surface area (Å²) >= 11 is 0. The third kappa shape index (κ3) is 7.87. The molecule has 2 unspecified atom stereocenters. The number of benzene rings is 1. The Morgan fingerprint density at radius 1 is 1.19 bits per heavy atom. The highest BCUT2D eigenvalue weighted by atomic mass is 16.5. The molecule has 1 saturated heterocycles. The molecule has 0 bridgehead atoms. The van der Waals surface area contributed by atoms with E-state index in [0.29, 0.717) is 18.8 Å². The highest BCUT2D eigenvalue weighted by molar-refractivity contribution is 5.74. The minimum atomic E-state index is -0.849. The molecule has 0 aromatic heterocycles. The molecule has 2 atom stereocenters. The third-order valence-electron chi connectivity index (χ3n) is 4.77. The number of carbonyl (C=O) groups is 2. The predicted molar refractivity (Wildman–Crippen MR) is 100 cm³/mol. The largest absolute Gasteiger partial charge is 0.481 e. The van der Waals surface area contributed by atoms with Gasteiger partial charge < -0.3 is 20.5 Å². The monoisotopic (exact) mass is 362 g/mol. The maximum absolute atomic E-state index is 12.3. The van der Waals surface area contributed by atoms with Crippen molar-refractivity contribution in [2.24, 2.45) is 5.92 Å². The smallest absolute Gasteiger partial charge is 0.315 e. The first kappa shape index (κ1) is 20.2. The molecule has 0 radical (unpaired) electrons. The van der Waals surface area contributed by atoms with E-state index in [9.17, 15) is 9.59 Å². The maximum Gasteiger partial charge on any atom is 0.315 e. The molecular weight excluding hydrogens is 332 g/mol. The van der Waals surface area contributed by atoms with Crippen molar-refractivity contribution in [3.63, 3.8) is 0 Å². The van der Waals surface area contributed by atoms with E-state index in [1.54, 1.807) is 0 Å². The lowest BCUT2D eigenvalue weighted by Gasteiger charge is -2.26. The van der Waals surface area contributed by atoms with Crippen LogP contribution in [0.1, 0.15) is 44.6 Å². The Morgan fingerprint density at radius 2 is 1.88 bits per heavy atom. The Labute approximate surface area is 155 Å². The lowest BCUT2D eigenvalue weighted by atomic mass is 9.93. The number of rotatable bonds is 9. The number of carbonyl (C=O) groups excluding carboxylic acids is 1. The Hall–Kier alpha value is -2.08. The lowest BCUT2D eigenvalue weighted by molar-refractivity contribution is -0.137. The third-order valence-corrected chi connectivity index (χ3v) is 4.77. The molecule has 6 heteroatoms. The van der Waals surface area contributed by atoms with E-state index in [-0.39, 0.29) is 24.5 Å². The van der Waals surface area contributed by atoms with Crippen LogP contribution < -0.4 is 10.6 Å². The van der Waals surface area contributed by atoms with Crippen LogP contribution >= 0.6 is 0 Å². The summed E-state index contributed by atoms with van der Waals surface area (Å²) in [6.45, 7) is 3.62. The Morgan fingerprint density at radius 3 is 2.54 bits per heavy atom. The van der Waals surface area contributed by atoms with Crippen LogP contribution in [-0.4, -0.2) is 42.4 Å². The molecule has 1 aliphatic rings. The van der Waals surface area contributed by atoms with Gasteiger partial charge in [-0.15, -0.1) is 0 Å². The first-order chi connectivity index (χ1) is 12.5. The lowest BCUT2D eigenvalue weighted by Crippen LogP contribution is -2.47. The van der Waals surface area contributed by atoms with Gasteiger partial charge in [0, 0.05) is 31.7 Å². The molecule has 1 aromatic carbocycles. The molecule has 2 rings (SSSR count). The standard InChI is InChI=1S/C20H30N2O4/c1-15(13-17-9-11-26-12-10-17)21-20(25)22-18(7-8-19(23)24)14-16-5-3-2-4-6-16/h2-6,15,17-18H,7-14H2,1H3,(H,23,24)(H2,21,22,25). The summed E-state index contributed by atoms with van der Waals surface area (Å²) in [6, 6.07) is 9.45. The first-order valence-corrected chi connectivity index (χ1v) is 9.43. The van der Waals surface area contributed by atoms with Gasteiger partial charge in [-0.25, -0.2) is 4.79 Å². The van der Waals surface area contributed by atoms with Crippen molar-refractivity contribution >= 4 is 12.0 Å². The Balaban J connectivity index is 1.82. The van der Waals surface area contributed by atoms with Gasteiger partial charge in [-0.05, 0) is 50.5 Å². The average Bonchev–Trinajstić information content (AvgIpc) is 2.61. The van der Waals surface area contributed by atoms with Crippen molar-refractivity contribution in [3.8, 4) is 0 Å². The minimum absolute atomic E-state index is 0.0371. The van der Waals surface area contributed by atoms with Crippen LogP contribution in [0.15, 0.2) is 30.3 Å². The fourth-order valence-electron chi connectivity index (χ4n) is 3.41. The SMILES string of the molecule is CC(CC1CCOCC1)NC(=O)NC(CCC(=O)O)Cc1ccccc1. The molecule has 6 nitrogen and oxygen atoms in total. The number of carboxylic acid groups (broad SMARTS) is 1. The van der Waals surface area contributed by atoms with Crippen molar-refractivity contribution in [2.75, 3.05) is 13.2 Å². The van der Waals surface area contributed by atoms with E-state index < -0.39 is 5.97 Å². The summed E-state index contributed by atoms with van der Waals surface area (Å²) in [4.78, 5) is 23.2. The maximum atomic E-state index is 12.3. The topological polar surface area (TPSA) is 87.7 Å². The van der Waals surface area contributed by atoms with Crippen molar-refractivity contribution < 1.29 is 19.4 Å². The number of aliphatic carboxylic acids is 1.